The van der Waals surface area contributed by atoms with Gasteiger partial charge >= 0.3 is 0 Å². The molecule has 0 atom stereocenters. The van der Waals surface area contributed by atoms with Crippen LogP contribution >= 0.6 is 0 Å². The summed E-state index contributed by atoms with van der Waals surface area (Å²) in [5, 5.41) is 10.7. The van der Waals surface area contributed by atoms with Crippen LogP contribution in [0.3, 0.4) is 0 Å². The van der Waals surface area contributed by atoms with Crippen LogP contribution in [0.5, 0.6) is 0 Å². The molecule has 0 saturated heterocycles. The van der Waals surface area contributed by atoms with Crippen LogP contribution in [0.1, 0.15) is 12.0 Å². The Morgan fingerprint density at radius 2 is 2.50 bits per heavy atom. The molecule has 1 aromatic heterocycles. The van der Waals surface area contributed by atoms with E-state index < -0.39 is 5.91 Å². The highest BCUT2D eigenvalue weighted by atomic mass is 16.5. The van der Waals surface area contributed by atoms with Crippen molar-refractivity contribution in [1.29, 1.82) is 0 Å². The molecular weight excluding hydrogens is 156 g/mol. The summed E-state index contributed by atoms with van der Waals surface area (Å²) in [6, 6.07) is 3.34. The van der Waals surface area contributed by atoms with Crippen molar-refractivity contribution < 1.29 is 9.52 Å². The second-order valence-electron chi connectivity index (χ2n) is 2.37. The van der Waals surface area contributed by atoms with Gasteiger partial charge < -0.3 is 10.9 Å². The maximum atomic E-state index is 10.7. The Balaban J connectivity index is 2.57. The molecule has 0 fully saturated rings. The van der Waals surface area contributed by atoms with Crippen LogP contribution in [0.25, 0.3) is 0 Å². The van der Waals surface area contributed by atoms with Gasteiger partial charge in [-0.15, -0.1) is 0 Å². The number of hydrogen-bond acceptors (Lipinski definition) is 2. The number of hydrogen-bond donors (Lipinski definition) is 1. The van der Waals surface area contributed by atoms with Crippen LogP contribution in [-0.4, -0.2) is 5.91 Å². The molecule has 12 heavy (non-hydrogen) atoms. The number of carbonyl (C=O) groups excluding carboxylic acids is 1. The summed E-state index contributed by atoms with van der Waals surface area (Å²) in [4.78, 5) is 10.4. The maximum Gasteiger partial charge on any atom is 0.218 e. The molecule has 2 N–H and O–H groups in total. The molecule has 0 unspecified atom stereocenters. The van der Waals surface area contributed by atoms with E-state index in [9.17, 15) is 10.0 Å². The van der Waals surface area contributed by atoms with E-state index in [-0.39, 0.29) is 6.42 Å². The van der Waals surface area contributed by atoms with Gasteiger partial charge in [-0.2, -0.15) is 4.73 Å². The zero-order valence-corrected chi connectivity index (χ0v) is 6.43. The van der Waals surface area contributed by atoms with Crippen molar-refractivity contribution in [2.24, 2.45) is 5.73 Å². The van der Waals surface area contributed by atoms with Crippen molar-refractivity contribution in [3.05, 3.63) is 41.7 Å². The summed E-state index contributed by atoms with van der Waals surface area (Å²) in [5.74, 6) is -0.406. The average molecular weight is 165 g/mol. The number of aromatic nitrogens is 1. The number of primary amides is 1. The first kappa shape index (κ1) is 8.52. The van der Waals surface area contributed by atoms with Gasteiger partial charge in [-0.3, -0.25) is 4.79 Å². The fourth-order valence-corrected chi connectivity index (χ4v) is 0.811. The number of nitrogens with zero attached hydrogens (tertiary/aromatic N) is 1. The van der Waals surface area contributed by atoms with Crippen LogP contribution in [0.15, 0.2) is 24.5 Å². The van der Waals surface area contributed by atoms with Crippen molar-refractivity contribution in [3.63, 3.8) is 0 Å². The van der Waals surface area contributed by atoms with E-state index in [2.05, 4.69) is 0 Å². The number of rotatable bonds is 3. The third-order valence-corrected chi connectivity index (χ3v) is 1.34. The molecule has 0 saturated carbocycles. The maximum absolute atomic E-state index is 10.7. The van der Waals surface area contributed by atoms with Crippen molar-refractivity contribution in [3.8, 4) is 0 Å². The Labute approximate surface area is 70.2 Å². The lowest BCUT2D eigenvalue weighted by molar-refractivity contribution is -0.605. The SMILES string of the molecule is NC(=O)C[CH]c1ccc[n+]([O-])c1. The van der Waals surface area contributed by atoms with Gasteiger partial charge in [0.2, 0.25) is 5.91 Å². The van der Waals surface area contributed by atoms with E-state index in [4.69, 9.17) is 5.73 Å². The molecule has 63 valence electrons. The summed E-state index contributed by atoms with van der Waals surface area (Å²) in [6.45, 7) is 0. The standard InChI is InChI=1S/C8H9N2O2/c9-8(11)4-3-7-2-1-5-10(12)6-7/h1-3,5-6H,4H2,(H2,9,11). The van der Waals surface area contributed by atoms with E-state index in [1.165, 1.54) is 12.4 Å². The topological polar surface area (TPSA) is 70.0 Å². The first-order valence-electron chi connectivity index (χ1n) is 3.49. The molecule has 0 aliphatic rings. The van der Waals surface area contributed by atoms with Crippen LogP contribution in [0.4, 0.5) is 0 Å². The summed E-state index contributed by atoms with van der Waals surface area (Å²) in [6.07, 6.45) is 4.52. The minimum atomic E-state index is -0.406. The fourth-order valence-electron chi connectivity index (χ4n) is 0.811. The minimum absolute atomic E-state index is 0.157. The first-order valence-corrected chi connectivity index (χ1v) is 3.49. The Hall–Kier alpha value is -1.58. The zero-order chi connectivity index (χ0) is 8.97. The first-order chi connectivity index (χ1) is 5.68. The average Bonchev–Trinajstić information content (AvgIpc) is 2.01. The predicted molar refractivity (Wildman–Crippen MR) is 42.6 cm³/mol. The molecule has 0 aliphatic carbocycles. The lowest BCUT2D eigenvalue weighted by atomic mass is 10.1. The van der Waals surface area contributed by atoms with Crippen LogP contribution < -0.4 is 10.5 Å². The summed E-state index contributed by atoms with van der Waals surface area (Å²) in [5.41, 5.74) is 5.62. The summed E-state index contributed by atoms with van der Waals surface area (Å²) in [7, 11) is 0. The Morgan fingerprint density at radius 3 is 3.08 bits per heavy atom. The highest BCUT2D eigenvalue weighted by Gasteiger charge is 1.99. The molecule has 1 heterocycles. The number of pyridine rings is 1. The van der Waals surface area contributed by atoms with E-state index in [1.54, 1.807) is 18.6 Å². The van der Waals surface area contributed by atoms with Crippen molar-refractivity contribution in [2.45, 2.75) is 6.42 Å². The highest BCUT2D eigenvalue weighted by Crippen LogP contribution is 2.00. The largest absolute Gasteiger partial charge is 0.619 e. The number of nitrogens with two attached hydrogens (primary N) is 1. The molecule has 1 rings (SSSR count). The van der Waals surface area contributed by atoms with E-state index in [1.807, 2.05) is 0 Å². The smallest absolute Gasteiger partial charge is 0.218 e. The number of carbonyl (C=O) groups is 1. The zero-order valence-electron chi connectivity index (χ0n) is 6.43. The lowest BCUT2D eigenvalue weighted by Crippen LogP contribution is -2.24. The van der Waals surface area contributed by atoms with E-state index in [0.717, 1.165) is 0 Å². The Morgan fingerprint density at radius 1 is 1.75 bits per heavy atom. The summed E-state index contributed by atoms with van der Waals surface area (Å²) < 4.78 is 0.673. The highest BCUT2D eigenvalue weighted by molar-refractivity contribution is 5.75. The second kappa shape index (κ2) is 3.71. The summed E-state index contributed by atoms with van der Waals surface area (Å²) >= 11 is 0. The van der Waals surface area contributed by atoms with Crippen LogP contribution in [0.2, 0.25) is 0 Å². The van der Waals surface area contributed by atoms with E-state index in [0.29, 0.717) is 10.3 Å². The quantitative estimate of drug-likeness (QED) is 0.495. The van der Waals surface area contributed by atoms with Gasteiger partial charge in [0.25, 0.3) is 0 Å². The second-order valence-corrected chi connectivity index (χ2v) is 2.37. The van der Waals surface area contributed by atoms with Gasteiger partial charge in [0, 0.05) is 24.5 Å². The van der Waals surface area contributed by atoms with Gasteiger partial charge in [-0.1, -0.05) is 0 Å². The Kier molecular flexibility index (Phi) is 2.63. The third kappa shape index (κ3) is 2.57. The van der Waals surface area contributed by atoms with Gasteiger partial charge in [0.05, 0.1) is 0 Å². The molecule has 4 heteroatoms. The molecule has 0 aromatic carbocycles. The molecule has 4 nitrogen and oxygen atoms in total. The van der Waals surface area contributed by atoms with Crippen LogP contribution in [-0.2, 0) is 4.79 Å². The normalized spacial score (nSPS) is 9.67. The number of amides is 1. The molecule has 1 aromatic rings. The molecule has 1 radical (unpaired) electrons. The molecule has 0 aliphatic heterocycles. The van der Waals surface area contributed by atoms with Gasteiger partial charge in [0.15, 0.2) is 12.4 Å². The Bertz CT molecular complexity index is 286. The minimum Gasteiger partial charge on any atom is -0.619 e. The lowest BCUT2D eigenvalue weighted by Gasteiger charge is -1.98. The van der Waals surface area contributed by atoms with Crippen LogP contribution in [0, 0.1) is 11.6 Å². The molecule has 0 bridgehead atoms. The van der Waals surface area contributed by atoms with Crippen molar-refractivity contribution >= 4 is 5.91 Å². The van der Waals surface area contributed by atoms with Gasteiger partial charge in [-0.05, 0) is 6.07 Å². The molecular formula is C8H9N2O2. The monoisotopic (exact) mass is 165 g/mol. The molecule has 1 amide bonds. The van der Waals surface area contributed by atoms with E-state index >= 15 is 0 Å². The van der Waals surface area contributed by atoms with Crippen molar-refractivity contribution in [2.75, 3.05) is 0 Å². The molecule has 0 spiro atoms. The van der Waals surface area contributed by atoms with Gasteiger partial charge in [-0.25, -0.2) is 0 Å². The third-order valence-electron chi connectivity index (χ3n) is 1.34. The van der Waals surface area contributed by atoms with Crippen molar-refractivity contribution in [1.82, 2.24) is 0 Å². The predicted octanol–water partition coefficient (Wildman–Crippen LogP) is -0.252. The van der Waals surface area contributed by atoms with Gasteiger partial charge in [0.1, 0.15) is 0 Å². The fraction of sp³-hybridized carbons (Fsp3) is 0.125.